The van der Waals surface area contributed by atoms with Crippen LogP contribution in [0.3, 0.4) is 0 Å². The van der Waals surface area contributed by atoms with Gasteiger partial charge in [-0.25, -0.2) is 4.79 Å². The summed E-state index contributed by atoms with van der Waals surface area (Å²) in [4.78, 5) is 41.6. The van der Waals surface area contributed by atoms with Crippen LogP contribution < -0.4 is 26.6 Å². The zero-order chi connectivity index (χ0) is 23.0. The van der Waals surface area contributed by atoms with E-state index in [0.717, 1.165) is 23.7 Å². The molecule has 31 heavy (non-hydrogen) atoms. The topological polar surface area (TPSA) is 110 Å². The minimum Gasteiger partial charge on any atom is -0.496 e. The summed E-state index contributed by atoms with van der Waals surface area (Å²) in [6.45, 7) is 4.65. The Kier molecular flexibility index (Phi) is 9.11. The van der Waals surface area contributed by atoms with Gasteiger partial charge in [0.25, 0.3) is 11.5 Å². The van der Waals surface area contributed by atoms with Gasteiger partial charge in [-0.2, -0.15) is 0 Å². The van der Waals surface area contributed by atoms with Gasteiger partial charge in [-0.15, -0.1) is 0 Å². The third-order valence-electron chi connectivity index (χ3n) is 4.82. The number of amides is 1. The molecule has 0 saturated heterocycles. The van der Waals surface area contributed by atoms with Crippen molar-refractivity contribution in [1.29, 1.82) is 0 Å². The van der Waals surface area contributed by atoms with Crippen LogP contribution in [0.2, 0.25) is 0 Å². The van der Waals surface area contributed by atoms with Crippen LogP contribution in [0.4, 0.5) is 11.5 Å². The number of carbonyl (C=O) groups is 1. The number of rotatable bonds is 10. The number of hydrogen-bond donors (Lipinski definition) is 2. The van der Waals surface area contributed by atoms with E-state index in [-0.39, 0.29) is 11.5 Å². The monoisotopic (exact) mass is 492 g/mol. The first kappa shape index (κ1) is 24.5. The van der Waals surface area contributed by atoms with Gasteiger partial charge < -0.3 is 15.4 Å². The van der Waals surface area contributed by atoms with Crippen molar-refractivity contribution >= 4 is 39.4 Å². The van der Waals surface area contributed by atoms with Gasteiger partial charge in [0.2, 0.25) is 0 Å². The number of hydrogen-bond acceptors (Lipinski definition) is 5. The van der Waals surface area contributed by atoms with Crippen molar-refractivity contribution < 1.29 is 9.53 Å². The third-order valence-corrected chi connectivity index (χ3v) is 5.31. The van der Waals surface area contributed by atoms with Crippen LogP contribution >= 0.6 is 15.9 Å². The van der Waals surface area contributed by atoms with E-state index in [2.05, 4.69) is 20.9 Å². The zero-order valence-corrected chi connectivity index (χ0v) is 19.7. The van der Waals surface area contributed by atoms with Crippen LogP contribution in [0.25, 0.3) is 6.08 Å². The number of aromatic nitrogens is 2. The Morgan fingerprint density at radius 2 is 1.97 bits per heavy atom. The Morgan fingerprint density at radius 1 is 1.26 bits per heavy atom. The Morgan fingerprint density at radius 3 is 2.61 bits per heavy atom. The maximum absolute atomic E-state index is 13.1. The highest BCUT2D eigenvalue weighted by molar-refractivity contribution is 9.10. The van der Waals surface area contributed by atoms with Crippen molar-refractivity contribution in [2.45, 2.75) is 46.1 Å². The second kappa shape index (κ2) is 11.5. The summed E-state index contributed by atoms with van der Waals surface area (Å²) in [7, 11) is 1.55. The fourth-order valence-electron chi connectivity index (χ4n) is 3.11. The quantitative estimate of drug-likeness (QED) is 0.492. The zero-order valence-electron chi connectivity index (χ0n) is 18.1. The van der Waals surface area contributed by atoms with Crippen molar-refractivity contribution in [1.82, 2.24) is 9.55 Å². The summed E-state index contributed by atoms with van der Waals surface area (Å²) in [6, 6.07) is 5.45. The number of methoxy groups -OCH3 is 1. The van der Waals surface area contributed by atoms with Crippen molar-refractivity contribution in [2.24, 2.45) is 0 Å². The normalized spacial score (nSPS) is 11.1. The van der Waals surface area contributed by atoms with Crippen LogP contribution in [-0.2, 0) is 11.3 Å². The number of nitrogen functional groups attached to an aromatic ring is 1. The van der Waals surface area contributed by atoms with E-state index in [1.54, 1.807) is 19.3 Å². The summed E-state index contributed by atoms with van der Waals surface area (Å²) in [6.07, 6.45) is 6.08. The molecule has 2 rings (SSSR count). The molecule has 0 aliphatic heterocycles. The lowest BCUT2D eigenvalue weighted by Crippen LogP contribution is -2.41. The molecule has 0 spiro atoms. The number of unbranched alkanes of at least 4 members (excludes halogenated alkanes) is 2. The highest BCUT2D eigenvalue weighted by Crippen LogP contribution is 2.25. The number of benzene rings is 1. The summed E-state index contributed by atoms with van der Waals surface area (Å²) in [5, 5.41) is 0. The minimum absolute atomic E-state index is 0.00000953. The molecule has 1 aromatic heterocycles. The second-order valence-electron chi connectivity index (χ2n) is 7.06. The van der Waals surface area contributed by atoms with E-state index in [0.29, 0.717) is 30.8 Å². The van der Waals surface area contributed by atoms with Gasteiger partial charge in [-0.3, -0.25) is 19.1 Å². The van der Waals surface area contributed by atoms with Gasteiger partial charge in [0.15, 0.2) is 5.69 Å². The predicted molar refractivity (Wildman–Crippen MR) is 128 cm³/mol. The van der Waals surface area contributed by atoms with Crippen molar-refractivity contribution in [3.8, 4) is 5.75 Å². The van der Waals surface area contributed by atoms with Crippen molar-refractivity contribution in [2.75, 3.05) is 24.3 Å². The number of nitrogens with one attached hydrogen (secondary N) is 1. The lowest BCUT2D eigenvalue weighted by atomic mass is 10.2. The number of nitrogens with zero attached hydrogens (tertiary/aromatic N) is 2. The van der Waals surface area contributed by atoms with Crippen LogP contribution in [0.1, 0.15) is 45.1 Å². The number of nitrogens with two attached hydrogens (primary N) is 1. The molecule has 2 aromatic rings. The molecule has 9 heteroatoms. The molecule has 8 nitrogen and oxygen atoms in total. The number of carbonyl (C=O) groups excluding carboxylic acids is 1. The third kappa shape index (κ3) is 6.10. The fraction of sp³-hybridized carbons (Fsp3) is 0.409. The van der Waals surface area contributed by atoms with Crippen molar-refractivity contribution in [3.05, 3.63) is 55.1 Å². The van der Waals surface area contributed by atoms with E-state index in [9.17, 15) is 14.4 Å². The first-order valence-corrected chi connectivity index (χ1v) is 11.1. The average molecular weight is 493 g/mol. The van der Waals surface area contributed by atoms with Crippen molar-refractivity contribution in [3.63, 3.8) is 0 Å². The van der Waals surface area contributed by atoms with E-state index in [1.807, 2.05) is 26.0 Å². The molecule has 168 valence electrons. The first-order chi connectivity index (χ1) is 14.8. The molecule has 0 saturated carbocycles. The summed E-state index contributed by atoms with van der Waals surface area (Å²) >= 11 is 3.41. The largest absolute Gasteiger partial charge is 0.496 e. The van der Waals surface area contributed by atoms with Crippen LogP contribution in [-0.4, -0.2) is 29.1 Å². The summed E-state index contributed by atoms with van der Waals surface area (Å²) in [5.74, 6) is 0.200. The van der Waals surface area contributed by atoms with E-state index in [1.165, 1.54) is 15.5 Å². The SMILES string of the molecule is CCCCN(C(=O)/C=C/c1cc(Br)ccc1OC)c1c(N)n(CCCC)c(=O)[nH]c1=O. The molecule has 0 fully saturated rings. The number of H-pyrrole nitrogens is 1. The first-order valence-electron chi connectivity index (χ1n) is 10.3. The number of halogens is 1. The molecule has 3 N–H and O–H groups in total. The van der Waals surface area contributed by atoms with E-state index in [4.69, 9.17) is 10.5 Å². The molecular weight excluding hydrogens is 464 g/mol. The van der Waals surface area contributed by atoms with Gasteiger partial charge in [0.1, 0.15) is 11.6 Å². The summed E-state index contributed by atoms with van der Waals surface area (Å²) < 4.78 is 7.49. The molecule has 1 aromatic carbocycles. The molecule has 1 amide bonds. The number of ether oxygens (including phenoxy) is 1. The van der Waals surface area contributed by atoms with Crippen LogP contribution in [0, 0.1) is 0 Å². The molecule has 0 aliphatic carbocycles. The Bertz CT molecular complexity index is 1060. The van der Waals surface area contributed by atoms with Crippen LogP contribution in [0.15, 0.2) is 38.3 Å². The van der Waals surface area contributed by atoms with E-state index < -0.39 is 17.2 Å². The predicted octanol–water partition coefficient (Wildman–Crippen LogP) is 3.54. The second-order valence-corrected chi connectivity index (χ2v) is 7.98. The maximum Gasteiger partial charge on any atom is 0.330 e. The highest BCUT2D eigenvalue weighted by atomic mass is 79.9. The lowest BCUT2D eigenvalue weighted by Gasteiger charge is -2.23. The van der Waals surface area contributed by atoms with Gasteiger partial charge in [-0.1, -0.05) is 42.6 Å². The molecule has 0 unspecified atom stereocenters. The van der Waals surface area contributed by atoms with Gasteiger partial charge in [0.05, 0.1) is 7.11 Å². The number of anilines is 2. The molecule has 0 aliphatic rings. The molecule has 0 atom stereocenters. The minimum atomic E-state index is -0.673. The van der Waals surface area contributed by atoms with Gasteiger partial charge >= 0.3 is 5.69 Å². The average Bonchev–Trinajstić information content (AvgIpc) is 2.74. The summed E-state index contributed by atoms with van der Waals surface area (Å²) in [5.41, 5.74) is 5.67. The Labute approximate surface area is 189 Å². The molecule has 1 heterocycles. The standard InChI is InChI=1S/C22H29BrN4O4/c1-4-6-12-26(18(28)11-8-15-14-16(23)9-10-17(15)31-3)19-20(24)27(13-7-5-2)22(30)25-21(19)29/h8-11,14H,4-7,12-13,24H2,1-3H3,(H,25,29,30)/b11-8+. The van der Waals surface area contributed by atoms with Gasteiger partial charge in [-0.05, 0) is 37.1 Å². The Balaban J connectivity index is 2.49. The number of aromatic amines is 1. The maximum atomic E-state index is 13.1. The smallest absolute Gasteiger partial charge is 0.330 e. The molecule has 0 radical (unpaired) electrons. The van der Waals surface area contributed by atoms with Gasteiger partial charge in [0, 0.05) is 29.2 Å². The highest BCUT2D eigenvalue weighted by Gasteiger charge is 2.22. The molecular formula is C22H29BrN4O4. The van der Waals surface area contributed by atoms with Crippen LogP contribution in [0.5, 0.6) is 5.75 Å². The lowest BCUT2D eigenvalue weighted by molar-refractivity contribution is -0.114. The fourth-order valence-corrected chi connectivity index (χ4v) is 3.49. The van der Waals surface area contributed by atoms with E-state index >= 15 is 0 Å². The Hall–Kier alpha value is -2.81. The molecule has 0 bridgehead atoms.